The molecule has 0 aliphatic heterocycles. The Morgan fingerprint density at radius 1 is 1.21 bits per heavy atom. The Labute approximate surface area is 170 Å². The van der Waals surface area contributed by atoms with Crippen LogP contribution in [0.4, 0.5) is 0 Å². The summed E-state index contributed by atoms with van der Waals surface area (Å²) in [6.07, 6.45) is 3.51. The summed E-state index contributed by atoms with van der Waals surface area (Å²) in [6, 6.07) is 11.8. The predicted molar refractivity (Wildman–Crippen MR) is 110 cm³/mol. The van der Waals surface area contributed by atoms with E-state index in [4.69, 9.17) is 0 Å². The molecule has 7 nitrogen and oxygen atoms in total. The van der Waals surface area contributed by atoms with Gasteiger partial charge in [0.25, 0.3) is 5.91 Å². The van der Waals surface area contributed by atoms with Gasteiger partial charge in [0.05, 0.1) is 21.2 Å². The number of carbonyl (C=O) groups excluding carboxylic acids is 1. The van der Waals surface area contributed by atoms with E-state index < -0.39 is 0 Å². The number of nitrogens with zero attached hydrogens (tertiary/aromatic N) is 4. The summed E-state index contributed by atoms with van der Waals surface area (Å²) < 4.78 is 2.65. The van der Waals surface area contributed by atoms with E-state index in [9.17, 15) is 4.79 Å². The third-order valence-electron chi connectivity index (χ3n) is 4.49. The topological polar surface area (TPSA) is 88.5 Å². The van der Waals surface area contributed by atoms with Gasteiger partial charge in [0.2, 0.25) is 0 Å². The lowest BCUT2D eigenvalue weighted by molar-refractivity contribution is 0.0945. The minimum Gasteiger partial charge on any atom is -0.346 e. The molecule has 1 aromatic carbocycles. The highest BCUT2D eigenvalue weighted by atomic mass is 79.9. The van der Waals surface area contributed by atoms with Gasteiger partial charge in [0.15, 0.2) is 5.69 Å². The van der Waals surface area contributed by atoms with Crippen molar-refractivity contribution in [2.24, 2.45) is 0 Å². The molecule has 0 atom stereocenters. The molecule has 0 aliphatic rings. The number of rotatable bonds is 5. The summed E-state index contributed by atoms with van der Waals surface area (Å²) in [5.41, 5.74) is 4.09. The normalized spacial score (nSPS) is 11.3. The van der Waals surface area contributed by atoms with Crippen LogP contribution in [-0.4, -0.2) is 30.6 Å². The fourth-order valence-electron chi connectivity index (χ4n) is 2.95. The maximum atomic E-state index is 12.4. The summed E-state index contributed by atoms with van der Waals surface area (Å²) in [7, 11) is 0. The molecule has 142 valence electrons. The van der Waals surface area contributed by atoms with Gasteiger partial charge in [-0.3, -0.25) is 14.5 Å². The fraction of sp³-hybridized carbons (Fsp3) is 0.200. The number of H-pyrrole nitrogens is 1. The molecule has 0 fully saturated rings. The number of hydrogen-bond acceptors (Lipinski definition) is 4. The zero-order valence-corrected chi connectivity index (χ0v) is 17.1. The zero-order valence-electron chi connectivity index (χ0n) is 15.5. The first-order valence-corrected chi connectivity index (χ1v) is 9.73. The van der Waals surface area contributed by atoms with Crippen molar-refractivity contribution in [3.05, 3.63) is 70.3 Å². The Balaban J connectivity index is 1.46. The molecule has 3 heterocycles. The highest BCUT2D eigenvalue weighted by Gasteiger charge is 2.19. The molecule has 2 N–H and O–H groups in total. The number of aromatic amines is 1. The van der Waals surface area contributed by atoms with Gasteiger partial charge in [-0.1, -0.05) is 32.0 Å². The molecular weight excluding hydrogens is 420 g/mol. The van der Waals surface area contributed by atoms with Crippen molar-refractivity contribution in [2.75, 3.05) is 0 Å². The lowest BCUT2D eigenvalue weighted by Gasteiger charge is -2.07. The van der Waals surface area contributed by atoms with Crippen molar-refractivity contribution in [3.63, 3.8) is 0 Å². The van der Waals surface area contributed by atoms with Gasteiger partial charge in [-0.2, -0.15) is 5.10 Å². The fourth-order valence-corrected chi connectivity index (χ4v) is 3.76. The lowest BCUT2D eigenvalue weighted by Crippen LogP contribution is -2.23. The quantitative estimate of drug-likeness (QED) is 0.493. The van der Waals surface area contributed by atoms with Gasteiger partial charge in [-0.15, -0.1) is 0 Å². The highest BCUT2D eigenvalue weighted by Crippen LogP contribution is 2.25. The number of para-hydroxylation sites is 2. The highest BCUT2D eigenvalue weighted by molar-refractivity contribution is 9.10. The van der Waals surface area contributed by atoms with Crippen molar-refractivity contribution in [1.82, 2.24) is 30.0 Å². The number of aromatic nitrogens is 5. The van der Waals surface area contributed by atoms with E-state index in [-0.39, 0.29) is 11.8 Å². The van der Waals surface area contributed by atoms with Gasteiger partial charge in [-0.25, -0.2) is 9.97 Å². The van der Waals surface area contributed by atoms with Crippen LogP contribution in [0.15, 0.2) is 53.4 Å². The summed E-state index contributed by atoms with van der Waals surface area (Å²) in [5, 5.41) is 9.91. The molecule has 0 unspecified atom stereocenters. The van der Waals surface area contributed by atoms with Gasteiger partial charge in [0, 0.05) is 12.7 Å². The number of hydrogen-bond donors (Lipinski definition) is 2. The third kappa shape index (κ3) is 3.43. The van der Waals surface area contributed by atoms with Crippen molar-refractivity contribution < 1.29 is 4.79 Å². The Bertz CT molecular complexity index is 1130. The van der Waals surface area contributed by atoms with Crippen molar-refractivity contribution in [2.45, 2.75) is 26.3 Å². The molecule has 4 rings (SSSR count). The summed E-state index contributed by atoms with van der Waals surface area (Å²) in [5.74, 6) is 0.791. The van der Waals surface area contributed by atoms with Crippen LogP contribution in [0.1, 0.15) is 41.5 Å². The van der Waals surface area contributed by atoms with Crippen molar-refractivity contribution in [3.8, 4) is 5.82 Å². The average molecular weight is 439 g/mol. The van der Waals surface area contributed by atoms with Gasteiger partial charge >= 0.3 is 0 Å². The Hall–Kier alpha value is -3.00. The van der Waals surface area contributed by atoms with E-state index >= 15 is 0 Å². The number of carbonyl (C=O) groups is 1. The van der Waals surface area contributed by atoms with E-state index in [1.54, 1.807) is 12.5 Å². The second-order valence-electron chi connectivity index (χ2n) is 6.77. The second-order valence-corrected chi connectivity index (χ2v) is 7.56. The maximum absolute atomic E-state index is 12.4. The van der Waals surface area contributed by atoms with Crippen LogP contribution in [0.25, 0.3) is 16.9 Å². The number of pyridine rings is 1. The standard InChI is InChI=1S/C20H19BrN6O/c1-12(2)18-17(21)19(26-25-18)20(28)23-10-13-7-8-16(22-9-13)27-11-24-14-5-3-4-6-15(14)27/h3-9,11-12H,10H2,1-2H3,(H,23,28)(H,25,26). The molecule has 0 saturated carbocycles. The number of halogens is 1. The first-order valence-electron chi connectivity index (χ1n) is 8.94. The van der Waals surface area contributed by atoms with Gasteiger partial charge in [0.1, 0.15) is 12.1 Å². The van der Waals surface area contributed by atoms with E-state index in [1.165, 1.54) is 0 Å². The average Bonchev–Trinajstić information content (AvgIpc) is 3.30. The number of fused-ring (bicyclic) bond motifs is 1. The van der Waals surface area contributed by atoms with Crippen LogP contribution in [-0.2, 0) is 6.54 Å². The molecule has 0 radical (unpaired) electrons. The monoisotopic (exact) mass is 438 g/mol. The van der Waals surface area contributed by atoms with Gasteiger partial charge in [-0.05, 0) is 45.6 Å². The molecular formula is C20H19BrN6O. The summed E-state index contributed by atoms with van der Waals surface area (Å²) in [4.78, 5) is 21.3. The predicted octanol–water partition coefficient (Wildman–Crippen LogP) is 3.96. The Kier molecular flexibility index (Phi) is 4.95. The van der Waals surface area contributed by atoms with Crippen molar-refractivity contribution >= 4 is 32.9 Å². The number of nitrogens with one attached hydrogen (secondary N) is 2. The maximum Gasteiger partial charge on any atom is 0.273 e. The third-order valence-corrected chi connectivity index (χ3v) is 5.29. The SMILES string of the molecule is CC(C)c1[nH]nc(C(=O)NCc2ccc(-n3cnc4ccccc43)nc2)c1Br. The summed E-state index contributed by atoms with van der Waals surface area (Å²) in [6.45, 7) is 4.44. The number of imidazole rings is 1. The Morgan fingerprint density at radius 3 is 2.75 bits per heavy atom. The zero-order chi connectivity index (χ0) is 19.7. The molecule has 28 heavy (non-hydrogen) atoms. The number of benzene rings is 1. The smallest absolute Gasteiger partial charge is 0.273 e. The van der Waals surface area contributed by atoms with E-state index in [0.29, 0.717) is 16.7 Å². The van der Waals surface area contributed by atoms with E-state index in [0.717, 1.165) is 28.1 Å². The van der Waals surface area contributed by atoms with Crippen LogP contribution in [0.5, 0.6) is 0 Å². The van der Waals surface area contributed by atoms with Crippen LogP contribution < -0.4 is 5.32 Å². The molecule has 3 aromatic heterocycles. The Morgan fingerprint density at radius 2 is 2.04 bits per heavy atom. The van der Waals surface area contributed by atoms with Crippen LogP contribution in [0.3, 0.4) is 0 Å². The van der Waals surface area contributed by atoms with Crippen LogP contribution in [0.2, 0.25) is 0 Å². The molecule has 1 amide bonds. The molecule has 0 aliphatic carbocycles. The molecule has 0 spiro atoms. The van der Waals surface area contributed by atoms with Crippen molar-refractivity contribution in [1.29, 1.82) is 0 Å². The lowest BCUT2D eigenvalue weighted by atomic mass is 10.1. The van der Waals surface area contributed by atoms with Crippen LogP contribution in [0, 0.1) is 0 Å². The van der Waals surface area contributed by atoms with E-state index in [2.05, 4.69) is 41.4 Å². The number of amides is 1. The first kappa shape index (κ1) is 18.4. The largest absolute Gasteiger partial charge is 0.346 e. The summed E-state index contributed by atoms with van der Waals surface area (Å²) >= 11 is 3.45. The second kappa shape index (κ2) is 7.55. The molecule has 4 aromatic rings. The molecule has 8 heteroatoms. The minimum atomic E-state index is -0.236. The first-order chi connectivity index (χ1) is 13.5. The molecule has 0 saturated heterocycles. The van der Waals surface area contributed by atoms with Crippen LogP contribution >= 0.6 is 15.9 Å². The minimum absolute atomic E-state index is 0.236. The van der Waals surface area contributed by atoms with E-state index in [1.807, 2.05) is 54.8 Å². The van der Waals surface area contributed by atoms with Gasteiger partial charge < -0.3 is 5.32 Å². The molecule has 0 bridgehead atoms.